The maximum atomic E-state index is 11.6. The zero-order chi connectivity index (χ0) is 12.5. The number of aliphatic hydroxyl groups is 1. The number of aliphatic hydroxyl groups excluding tert-OH is 1. The molecule has 5 heteroatoms. The van der Waals surface area contributed by atoms with Gasteiger partial charge in [-0.2, -0.15) is 0 Å². The molecule has 0 radical (unpaired) electrons. The van der Waals surface area contributed by atoms with E-state index in [1.54, 1.807) is 0 Å². The van der Waals surface area contributed by atoms with Crippen LogP contribution in [0.15, 0.2) is 0 Å². The summed E-state index contributed by atoms with van der Waals surface area (Å²) < 4.78 is 23.1. The first-order valence-electron chi connectivity index (χ1n) is 6.67. The molecule has 1 aliphatic carbocycles. The molecule has 0 aromatic carbocycles. The number of likely N-dealkylation sites (N-methyl/N-ethyl adjacent to an activating group) is 1. The largest absolute Gasteiger partial charge is 0.390 e. The van der Waals surface area contributed by atoms with Crippen LogP contribution >= 0.6 is 0 Å². The molecule has 2 atom stereocenters. The number of sulfone groups is 1. The third-order valence-electron chi connectivity index (χ3n) is 4.13. The van der Waals surface area contributed by atoms with Crippen LogP contribution in [0.1, 0.15) is 39.0 Å². The number of hydrogen-bond donors (Lipinski definition) is 1. The topological polar surface area (TPSA) is 57.6 Å². The minimum atomic E-state index is -3.03. The van der Waals surface area contributed by atoms with E-state index in [1.165, 1.54) is 19.3 Å². The molecular formula is C12H23NO3S. The second kappa shape index (κ2) is 5.24. The van der Waals surface area contributed by atoms with Gasteiger partial charge in [-0.1, -0.05) is 26.2 Å². The minimum Gasteiger partial charge on any atom is -0.390 e. The molecule has 4 nitrogen and oxygen atoms in total. The van der Waals surface area contributed by atoms with Gasteiger partial charge >= 0.3 is 0 Å². The van der Waals surface area contributed by atoms with Gasteiger partial charge in [-0.25, -0.2) is 8.42 Å². The van der Waals surface area contributed by atoms with E-state index in [9.17, 15) is 13.5 Å². The van der Waals surface area contributed by atoms with Crippen molar-refractivity contribution in [1.29, 1.82) is 0 Å². The molecule has 0 aromatic rings. The maximum Gasteiger partial charge on any atom is 0.154 e. The van der Waals surface area contributed by atoms with Crippen molar-refractivity contribution in [3.8, 4) is 0 Å². The van der Waals surface area contributed by atoms with Crippen molar-refractivity contribution in [2.45, 2.75) is 57.2 Å². The Morgan fingerprint density at radius 2 is 1.82 bits per heavy atom. The Labute approximate surface area is 104 Å². The molecule has 2 aliphatic rings. The van der Waals surface area contributed by atoms with Crippen LogP contribution in [0, 0.1) is 0 Å². The van der Waals surface area contributed by atoms with Crippen molar-refractivity contribution in [2.75, 3.05) is 18.1 Å². The monoisotopic (exact) mass is 261 g/mol. The Bertz CT molecular complexity index is 349. The van der Waals surface area contributed by atoms with Gasteiger partial charge in [0.15, 0.2) is 9.84 Å². The average Bonchev–Trinajstić information content (AvgIpc) is 2.55. The molecule has 1 N–H and O–H groups in total. The van der Waals surface area contributed by atoms with Crippen LogP contribution in [-0.2, 0) is 9.84 Å². The van der Waals surface area contributed by atoms with Gasteiger partial charge in [0.2, 0.25) is 0 Å². The fourth-order valence-electron chi connectivity index (χ4n) is 3.30. The molecule has 17 heavy (non-hydrogen) atoms. The van der Waals surface area contributed by atoms with Gasteiger partial charge in [0, 0.05) is 6.04 Å². The van der Waals surface area contributed by atoms with E-state index in [1.807, 2.05) is 0 Å². The number of hydrogen-bond acceptors (Lipinski definition) is 4. The third-order valence-corrected chi connectivity index (χ3v) is 5.83. The summed E-state index contributed by atoms with van der Waals surface area (Å²) in [6, 6.07) is 0.301. The smallest absolute Gasteiger partial charge is 0.154 e. The van der Waals surface area contributed by atoms with Gasteiger partial charge in [0.1, 0.15) is 0 Å². The predicted molar refractivity (Wildman–Crippen MR) is 67.7 cm³/mol. The first-order chi connectivity index (χ1) is 8.03. The van der Waals surface area contributed by atoms with E-state index >= 15 is 0 Å². The molecule has 1 saturated carbocycles. The van der Waals surface area contributed by atoms with Crippen LogP contribution in [0.2, 0.25) is 0 Å². The van der Waals surface area contributed by atoms with E-state index in [0.29, 0.717) is 6.04 Å². The lowest BCUT2D eigenvalue weighted by Gasteiger charge is -2.38. The molecular weight excluding hydrogens is 238 g/mol. The van der Waals surface area contributed by atoms with Crippen molar-refractivity contribution in [3.63, 3.8) is 0 Å². The molecule has 0 unspecified atom stereocenters. The summed E-state index contributed by atoms with van der Waals surface area (Å²) in [6.45, 7) is 2.90. The first-order valence-corrected chi connectivity index (χ1v) is 8.50. The molecule has 1 heterocycles. The van der Waals surface area contributed by atoms with Crippen molar-refractivity contribution >= 4 is 9.84 Å². The zero-order valence-corrected chi connectivity index (χ0v) is 11.3. The Kier molecular flexibility index (Phi) is 4.10. The van der Waals surface area contributed by atoms with Gasteiger partial charge in [0.05, 0.1) is 23.7 Å². The van der Waals surface area contributed by atoms with Gasteiger partial charge in [-0.15, -0.1) is 0 Å². The zero-order valence-electron chi connectivity index (χ0n) is 10.5. The van der Waals surface area contributed by atoms with Crippen LogP contribution in [0.3, 0.4) is 0 Å². The lowest BCUT2D eigenvalue weighted by molar-refractivity contribution is 0.0447. The van der Waals surface area contributed by atoms with Crippen LogP contribution in [0.4, 0.5) is 0 Å². The molecule has 0 bridgehead atoms. The molecule has 0 aromatic heterocycles. The number of rotatable bonds is 3. The second-order valence-electron chi connectivity index (χ2n) is 5.33. The molecule has 1 saturated heterocycles. The Morgan fingerprint density at radius 3 is 2.29 bits per heavy atom. The summed E-state index contributed by atoms with van der Waals surface area (Å²) in [5, 5.41) is 9.94. The van der Waals surface area contributed by atoms with Crippen molar-refractivity contribution < 1.29 is 13.5 Å². The Balaban J connectivity index is 2.07. The van der Waals surface area contributed by atoms with Crippen molar-refractivity contribution in [1.82, 2.24) is 4.90 Å². The normalized spacial score (nSPS) is 34.3. The highest BCUT2D eigenvalue weighted by atomic mass is 32.2. The fraction of sp³-hybridized carbons (Fsp3) is 1.00. The summed E-state index contributed by atoms with van der Waals surface area (Å²) in [7, 11) is -3.03. The predicted octanol–water partition coefficient (Wildman–Crippen LogP) is 0.799. The van der Waals surface area contributed by atoms with Crippen LogP contribution in [0.5, 0.6) is 0 Å². The first kappa shape index (κ1) is 13.3. The summed E-state index contributed by atoms with van der Waals surface area (Å²) in [4.78, 5) is 2.23. The molecule has 2 fully saturated rings. The quantitative estimate of drug-likeness (QED) is 0.816. The SMILES string of the molecule is CCN(C1CCCCC1)[C@@H]1CS(=O)(=O)C[C@H]1O. The molecule has 0 amide bonds. The Morgan fingerprint density at radius 1 is 1.18 bits per heavy atom. The Hall–Kier alpha value is -0.130. The summed E-state index contributed by atoms with van der Waals surface area (Å²) in [5.41, 5.74) is 0. The van der Waals surface area contributed by atoms with E-state index in [0.717, 1.165) is 19.4 Å². The standard InChI is InChI=1S/C12H23NO3S/c1-2-13(10-6-4-3-5-7-10)11-8-17(15,16)9-12(11)14/h10-12,14H,2-9H2,1H3/t11-,12-/m1/s1. The fourth-order valence-corrected chi connectivity index (χ4v) is 5.12. The molecule has 1 aliphatic heterocycles. The highest BCUT2D eigenvalue weighted by molar-refractivity contribution is 7.91. The molecule has 2 rings (SSSR count). The summed E-state index contributed by atoms with van der Waals surface area (Å²) in [5.74, 6) is 0.0827. The summed E-state index contributed by atoms with van der Waals surface area (Å²) in [6.07, 6.45) is 5.36. The van der Waals surface area contributed by atoms with Crippen LogP contribution in [-0.4, -0.2) is 54.7 Å². The van der Waals surface area contributed by atoms with Gasteiger partial charge in [-0.05, 0) is 19.4 Å². The van der Waals surface area contributed by atoms with Gasteiger partial charge in [-0.3, -0.25) is 4.90 Å². The van der Waals surface area contributed by atoms with E-state index < -0.39 is 15.9 Å². The maximum absolute atomic E-state index is 11.6. The lowest BCUT2D eigenvalue weighted by atomic mass is 9.93. The summed E-state index contributed by atoms with van der Waals surface area (Å²) >= 11 is 0. The number of nitrogens with zero attached hydrogens (tertiary/aromatic N) is 1. The van der Waals surface area contributed by atoms with E-state index in [-0.39, 0.29) is 17.5 Å². The van der Waals surface area contributed by atoms with Gasteiger partial charge < -0.3 is 5.11 Å². The van der Waals surface area contributed by atoms with Gasteiger partial charge in [0.25, 0.3) is 0 Å². The molecule has 100 valence electrons. The third kappa shape index (κ3) is 3.01. The minimum absolute atomic E-state index is 0.0547. The van der Waals surface area contributed by atoms with E-state index in [2.05, 4.69) is 11.8 Å². The van der Waals surface area contributed by atoms with Crippen molar-refractivity contribution in [3.05, 3.63) is 0 Å². The van der Waals surface area contributed by atoms with Crippen molar-refractivity contribution in [2.24, 2.45) is 0 Å². The lowest BCUT2D eigenvalue weighted by Crippen LogP contribution is -2.49. The highest BCUT2D eigenvalue weighted by Crippen LogP contribution is 2.28. The van der Waals surface area contributed by atoms with E-state index in [4.69, 9.17) is 0 Å². The van der Waals surface area contributed by atoms with Crippen LogP contribution < -0.4 is 0 Å². The highest BCUT2D eigenvalue weighted by Gasteiger charge is 2.41. The average molecular weight is 261 g/mol. The second-order valence-corrected chi connectivity index (χ2v) is 7.49. The van der Waals surface area contributed by atoms with Crippen LogP contribution in [0.25, 0.3) is 0 Å². The molecule has 0 spiro atoms.